The molecule has 3 rings (SSSR count). The molecule has 7 heteroatoms. The van der Waals surface area contributed by atoms with E-state index in [9.17, 15) is 0 Å². The van der Waals surface area contributed by atoms with Gasteiger partial charge in [-0.3, -0.25) is 0 Å². The normalized spacial score (nSPS) is 14.2. The van der Waals surface area contributed by atoms with Gasteiger partial charge in [0.15, 0.2) is 0 Å². The molecule has 0 unspecified atom stereocenters. The maximum Gasteiger partial charge on any atom is 0.209 e. The molecule has 0 atom stereocenters. The van der Waals surface area contributed by atoms with Gasteiger partial charge >= 0.3 is 0 Å². The Morgan fingerprint density at radius 1 is 1.47 bits per heavy atom. The first-order valence-corrected chi connectivity index (χ1v) is 7.85. The molecule has 2 aromatic heterocycles. The maximum atomic E-state index is 5.36. The van der Waals surface area contributed by atoms with Crippen molar-refractivity contribution in [2.75, 3.05) is 6.54 Å². The lowest BCUT2D eigenvalue weighted by Gasteiger charge is -2.00. The summed E-state index contributed by atoms with van der Waals surface area (Å²) in [5, 5.41) is 12.8. The Hall–Kier alpha value is -1.36. The van der Waals surface area contributed by atoms with Gasteiger partial charge < -0.3 is 5.73 Å². The van der Waals surface area contributed by atoms with Gasteiger partial charge in [0.2, 0.25) is 5.16 Å². The second kappa shape index (κ2) is 5.74. The largest absolute Gasteiger partial charge is 0.320 e. The van der Waals surface area contributed by atoms with Crippen LogP contribution in [0.25, 0.3) is 0 Å². The van der Waals surface area contributed by atoms with Crippen LogP contribution in [-0.4, -0.2) is 26.8 Å². The minimum atomic E-state index is 0.401. The molecule has 0 amide bonds. The zero-order valence-corrected chi connectivity index (χ0v) is 11.9. The van der Waals surface area contributed by atoms with Crippen LogP contribution in [0, 0.1) is 11.8 Å². The van der Waals surface area contributed by atoms with E-state index in [4.69, 9.17) is 5.73 Å². The predicted molar refractivity (Wildman–Crippen MR) is 75.9 cm³/mol. The maximum absolute atomic E-state index is 5.36. The average molecular weight is 291 g/mol. The molecule has 2 aromatic rings. The third-order valence-electron chi connectivity index (χ3n) is 2.67. The van der Waals surface area contributed by atoms with Gasteiger partial charge in [-0.1, -0.05) is 23.6 Å². The Labute approximate surface area is 119 Å². The lowest BCUT2D eigenvalue weighted by molar-refractivity contribution is 0.565. The fraction of sp³-hybridized carbons (Fsp3) is 0.417. The Morgan fingerprint density at radius 2 is 2.37 bits per heavy atom. The summed E-state index contributed by atoms with van der Waals surface area (Å²) in [6, 6.07) is 4.66. The van der Waals surface area contributed by atoms with Crippen LogP contribution in [0.5, 0.6) is 0 Å². The molecule has 0 aliphatic heterocycles. The second-order valence-electron chi connectivity index (χ2n) is 4.20. The number of rotatable bonds is 4. The van der Waals surface area contributed by atoms with Crippen molar-refractivity contribution in [3.8, 4) is 11.8 Å². The smallest absolute Gasteiger partial charge is 0.209 e. The van der Waals surface area contributed by atoms with Crippen molar-refractivity contribution in [1.29, 1.82) is 0 Å². The van der Waals surface area contributed by atoms with E-state index < -0.39 is 0 Å². The van der Waals surface area contributed by atoms with Crippen molar-refractivity contribution in [1.82, 2.24) is 20.2 Å². The zero-order chi connectivity index (χ0) is 13.1. The molecular weight excluding hydrogens is 278 g/mol. The lowest BCUT2D eigenvalue weighted by atomic mass is 10.4. The molecule has 1 aliphatic rings. The van der Waals surface area contributed by atoms with Crippen molar-refractivity contribution in [3.05, 3.63) is 21.9 Å². The fourth-order valence-corrected chi connectivity index (χ4v) is 3.50. The minimum Gasteiger partial charge on any atom is -0.320 e. The first-order valence-electron chi connectivity index (χ1n) is 6.05. The summed E-state index contributed by atoms with van der Waals surface area (Å²) in [6.45, 7) is 0.401. The highest BCUT2D eigenvalue weighted by Crippen LogP contribution is 2.37. The number of hydrogen-bond acceptors (Lipinski definition) is 6. The lowest BCUT2D eigenvalue weighted by Crippen LogP contribution is -1.98. The van der Waals surface area contributed by atoms with E-state index in [1.165, 1.54) is 17.7 Å². The molecule has 1 aliphatic carbocycles. The molecule has 19 heavy (non-hydrogen) atoms. The van der Waals surface area contributed by atoms with E-state index in [1.807, 2.05) is 10.7 Å². The quantitative estimate of drug-likeness (QED) is 0.685. The second-order valence-corrected chi connectivity index (χ2v) is 6.31. The summed E-state index contributed by atoms with van der Waals surface area (Å²) < 4.78 is 1.94. The van der Waals surface area contributed by atoms with E-state index in [1.54, 1.807) is 23.1 Å². The highest BCUT2D eigenvalue weighted by molar-refractivity contribution is 7.98. The van der Waals surface area contributed by atoms with Crippen LogP contribution in [0.4, 0.5) is 0 Å². The number of tetrazole rings is 1. The summed E-state index contributed by atoms with van der Waals surface area (Å²) in [5.41, 5.74) is 5.36. The van der Waals surface area contributed by atoms with Crippen molar-refractivity contribution in [2.24, 2.45) is 5.73 Å². The molecular formula is C12H13N5S2. The highest BCUT2D eigenvalue weighted by atomic mass is 32.2. The molecule has 2 N–H and O–H groups in total. The first-order chi connectivity index (χ1) is 9.36. The van der Waals surface area contributed by atoms with Gasteiger partial charge in [-0.05, 0) is 35.4 Å². The molecule has 0 radical (unpaired) electrons. The monoisotopic (exact) mass is 291 g/mol. The highest BCUT2D eigenvalue weighted by Gasteiger charge is 2.27. The van der Waals surface area contributed by atoms with Crippen molar-refractivity contribution in [3.63, 3.8) is 0 Å². The number of hydrogen-bond donors (Lipinski definition) is 1. The molecule has 2 heterocycles. The van der Waals surface area contributed by atoms with E-state index >= 15 is 0 Å². The van der Waals surface area contributed by atoms with E-state index in [0.29, 0.717) is 12.6 Å². The van der Waals surface area contributed by atoms with Crippen molar-refractivity contribution < 1.29 is 0 Å². The van der Waals surface area contributed by atoms with Gasteiger partial charge in [-0.15, -0.1) is 16.4 Å². The zero-order valence-electron chi connectivity index (χ0n) is 10.2. The molecule has 0 spiro atoms. The molecule has 1 fully saturated rings. The minimum absolute atomic E-state index is 0.401. The number of aromatic nitrogens is 4. The van der Waals surface area contributed by atoms with Gasteiger partial charge in [0.1, 0.15) is 0 Å². The van der Waals surface area contributed by atoms with Crippen molar-refractivity contribution in [2.45, 2.75) is 29.8 Å². The van der Waals surface area contributed by atoms with Gasteiger partial charge in [0.25, 0.3) is 0 Å². The Balaban J connectivity index is 1.62. The van der Waals surface area contributed by atoms with E-state index in [-0.39, 0.29) is 0 Å². The molecule has 0 aromatic carbocycles. The number of nitrogens with zero attached hydrogens (tertiary/aromatic N) is 4. The number of nitrogens with two attached hydrogens (primary N) is 1. The van der Waals surface area contributed by atoms with Crippen LogP contribution >= 0.6 is 23.1 Å². The third kappa shape index (κ3) is 3.15. The number of thiophene rings is 1. The van der Waals surface area contributed by atoms with Crippen LogP contribution in [0.2, 0.25) is 0 Å². The average Bonchev–Trinajstić information content (AvgIpc) is 3.00. The van der Waals surface area contributed by atoms with Gasteiger partial charge in [-0.25, -0.2) is 4.68 Å². The van der Waals surface area contributed by atoms with Gasteiger partial charge in [0, 0.05) is 10.6 Å². The third-order valence-corrected chi connectivity index (χ3v) is 4.84. The molecule has 0 saturated heterocycles. The molecule has 98 valence electrons. The standard InChI is InChI=1S/C12H13N5S2/c13-7-1-2-10-5-6-11(19-10)8-18-12-14-15-16-17(12)9-3-4-9/h5-6,9H,3-4,7-8,13H2. The van der Waals surface area contributed by atoms with Crippen LogP contribution in [0.1, 0.15) is 28.6 Å². The summed E-state index contributed by atoms with van der Waals surface area (Å²) >= 11 is 3.37. The Kier molecular flexibility index (Phi) is 3.82. The van der Waals surface area contributed by atoms with Crippen LogP contribution in [0.3, 0.4) is 0 Å². The Morgan fingerprint density at radius 3 is 3.16 bits per heavy atom. The topological polar surface area (TPSA) is 69.6 Å². The molecule has 0 bridgehead atoms. The van der Waals surface area contributed by atoms with Gasteiger partial charge in [0.05, 0.1) is 17.5 Å². The van der Waals surface area contributed by atoms with Crippen LogP contribution in [-0.2, 0) is 5.75 Å². The van der Waals surface area contributed by atoms with E-state index in [2.05, 4.69) is 33.4 Å². The number of thioether (sulfide) groups is 1. The van der Waals surface area contributed by atoms with Gasteiger partial charge in [-0.2, -0.15) is 0 Å². The van der Waals surface area contributed by atoms with Crippen LogP contribution < -0.4 is 5.73 Å². The molecule has 1 saturated carbocycles. The first kappa shape index (κ1) is 12.7. The predicted octanol–water partition coefficient (Wildman–Crippen LogP) is 1.67. The van der Waals surface area contributed by atoms with E-state index in [0.717, 1.165) is 15.8 Å². The van der Waals surface area contributed by atoms with Crippen LogP contribution in [0.15, 0.2) is 17.3 Å². The SMILES string of the molecule is NCC#Cc1ccc(CSc2nnnn2C2CC2)s1. The molecule has 5 nitrogen and oxygen atoms in total. The summed E-state index contributed by atoms with van der Waals surface area (Å²) in [5.74, 6) is 6.79. The summed E-state index contributed by atoms with van der Waals surface area (Å²) in [4.78, 5) is 2.33. The van der Waals surface area contributed by atoms with Crippen molar-refractivity contribution >= 4 is 23.1 Å². The summed E-state index contributed by atoms with van der Waals surface area (Å²) in [6.07, 6.45) is 2.38. The summed E-state index contributed by atoms with van der Waals surface area (Å²) in [7, 11) is 0. The Bertz CT molecular complexity index is 617. The fourth-order valence-electron chi connectivity index (χ4n) is 1.63.